The quantitative estimate of drug-likeness (QED) is 0.540. The molecule has 0 heterocycles. The Hall–Kier alpha value is -1.10. The van der Waals surface area contributed by atoms with Gasteiger partial charge in [0.1, 0.15) is 5.60 Å². The normalized spacial score (nSPS) is 11.5. The molecule has 0 aromatic heterocycles. The van der Waals surface area contributed by atoms with E-state index in [0.717, 1.165) is 0 Å². The van der Waals surface area contributed by atoms with E-state index in [2.05, 4.69) is 5.32 Å². The number of rotatable bonds is 8. The second-order valence-corrected chi connectivity index (χ2v) is 5.94. The van der Waals surface area contributed by atoms with E-state index >= 15 is 0 Å². The number of carbonyl (C=O) groups excluding carboxylic acids is 2. The third-order valence-corrected chi connectivity index (χ3v) is 2.00. The minimum atomic E-state index is -0.459. The molecule has 0 aromatic carbocycles. The van der Waals surface area contributed by atoms with E-state index in [4.69, 9.17) is 9.47 Å². The third-order valence-electron chi connectivity index (χ3n) is 2.00. The van der Waals surface area contributed by atoms with Gasteiger partial charge in [0.15, 0.2) is 0 Å². The van der Waals surface area contributed by atoms with E-state index in [1.54, 1.807) is 0 Å². The van der Waals surface area contributed by atoms with Crippen molar-refractivity contribution in [2.75, 3.05) is 19.7 Å². The molecule has 0 radical (unpaired) electrons. The molecule has 0 aromatic rings. The highest BCUT2D eigenvalue weighted by atomic mass is 16.6. The van der Waals surface area contributed by atoms with Crippen molar-refractivity contribution in [2.24, 2.45) is 5.92 Å². The van der Waals surface area contributed by atoms with Gasteiger partial charge in [-0.2, -0.15) is 0 Å². The van der Waals surface area contributed by atoms with Crippen molar-refractivity contribution in [1.82, 2.24) is 5.32 Å². The molecule has 0 saturated heterocycles. The average molecular weight is 273 g/mol. The minimum absolute atomic E-state index is 0.165. The molecule has 112 valence electrons. The number of nitrogens with one attached hydrogen (secondary N) is 1. The molecule has 0 aliphatic rings. The molecule has 0 rings (SSSR count). The van der Waals surface area contributed by atoms with Gasteiger partial charge in [-0.05, 0) is 39.7 Å². The van der Waals surface area contributed by atoms with Crippen LogP contribution in [0.5, 0.6) is 0 Å². The molecular formula is C14H27NO4. The largest absolute Gasteiger partial charge is 0.465 e. The summed E-state index contributed by atoms with van der Waals surface area (Å²) < 4.78 is 10.2. The van der Waals surface area contributed by atoms with Crippen molar-refractivity contribution in [1.29, 1.82) is 0 Å². The standard InChI is InChI=1S/C14H27NO4/c1-11(2)10-18-12(16)7-6-8-15-9-13(17)19-14(3,4)5/h11,15H,6-10H2,1-5H3. The van der Waals surface area contributed by atoms with E-state index < -0.39 is 5.60 Å². The van der Waals surface area contributed by atoms with Crippen LogP contribution in [0.25, 0.3) is 0 Å². The van der Waals surface area contributed by atoms with E-state index in [1.807, 2.05) is 34.6 Å². The van der Waals surface area contributed by atoms with Gasteiger partial charge in [0.05, 0.1) is 13.2 Å². The SMILES string of the molecule is CC(C)COC(=O)CCCNCC(=O)OC(C)(C)C. The van der Waals surface area contributed by atoms with Crippen LogP contribution in [0.4, 0.5) is 0 Å². The van der Waals surface area contributed by atoms with Crippen LogP contribution in [-0.2, 0) is 19.1 Å². The van der Waals surface area contributed by atoms with Crippen LogP contribution < -0.4 is 5.32 Å². The maximum Gasteiger partial charge on any atom is 0.320 e. The summed E-state index contributed by atoms with van der Waals surface area (Å²) in [7, 11) is 0. The summed E-state index contributed by atoms with van der Waals surface area (Å²) in [6.07, 6.45) is 1.02. The summed E-state index contributed by atoms with van der Waals surface area (Å²) in [6, 6.07) is 0. The lowest BCUT2D eigenvalue weighted by Gasteiger charge is -2.19. The smallest absolute Gasteiger partial charge is 0.320 e. The average Bonchev–Trinajstić information content (AvgIpc) is 2.23. The van der Waals surface area contributed by atoms with Crippen LogP contribution in [0.3, 0.4) is 0 Å². The van der Waals surface area contributed by atoms with Crippen LogP contribution in [0.15, 0.2) is 0 Å². The Morgan fingerprint density at radius 3 is 2.32 bits per heavy atom. The zero-order valence-electron chi connectivity index (χ0n) is 12.7. The fourth-order valence-electron chi connectivity index (χ4n) is 1.26. The number of esters is 2. The summed E-state index contributed by atoms with van der Waals surface area (Å²) in [5.41, 5.74) is -0.459. The second-order valence-electron chi connectivity index (χ2n) is 5.94. The van der Waals surface area contributed by atoms with Gasteiger partial charge >= 0.3 is 11.9 Å². The van der Waals surface area contributed by atoms with Crippen LogP contribution in [-0.4, -0.2) is 37.2 Å². The molecule has 0 unspecified atom stereocenters. The van der Waals surface area contributed by atoms with Crippen LogP contribution >= 0.6 is 0 Å². The topological polar surface area (TPSA) is 64.6 Å². The minimum Gasteiger partial charge on any atom is -0.465 e. The molecule has 5 nitrogen and oxygen atoms in total. The summed E-state index contributed by atoms with van der Waals surface area (Å²) in [4.78, 5) is 22.6. The molecule has 0 aliphatic heterocycles. The predicted octanol–water partition coefficient (Wildman–Crippen LogP) is 1.90. The van der Waals surface area contributed by atoms with Crippen LogP contribution in [0.1, 0.15) is 47.5 Å². The first-order valence-corrected chi connectivity index (χ1v) is 6.79. The molecule has 19 heavy (non-hydrogen) atoms. The van der Waals surface area contributed by atoms with Crippen LogP contribution in [0.2, 0.25) is 0 Å². The first kappa shape index (κ1) is 17.9. The third kappa shape index (κ3) is 13.1. The number of hydrogen-bond acceptors (Lipinski definition) is 5. The fraction of sp³-hybridized carbons (Fsp3) is 0.857. The lowest BCUT2D eigenvalue weighted by Crippen LogP contribution is -2.32. The molecule has 0 amide bonds. The van der Waals surface area contributed by atoms with Gasteiger partial charge in [-0.3, -0.25) is 9.59 Å². The maximum absolute atomic E-state index is 11.4. The Labute approximate surface area is 116 Å². The first-order chi connectivity index (χ1) is 8.70. The number of hydrogen-bond donors (Lipinski definition) is 1. The van der Waals surface area contributed by atoms with E-state index in [0.29, 0.717) is 31.9 Å². The van der Waals surface area contributed by atoms with Crippen molar-refractivity contribution in [2.45, 2.75) is 53.1 Å². The van der Waals surface area contributed by atoms with Crippen molar-refractivity contribution >= 4 is 11.9 Å². The van der Waals surface area contributed by atoms with E-state index in [-0.39, 0.29) is 18.5 Å². The predicted molar refractivity (Wildman–Crippen MR) is 73.7 cm³/mol. The molecule has 0 saturated carbocycles. The van der Waals surface area contributed by atoms with Gasteiger partial charge < -0.3 is 14.8 Å². The summed E-state index contributed by atoms with van der Waals surface area (Å²) >= 11 is 0. The van der Waals surface area contributed by atoms with Gasteiger partial charge in [0.25, 0.3) is 0 Å². The molecule has 0 fully saturated rings. The Kier molecular flexibility index (Phi) is 8.39. The molecule has 0 spiro atoms. The highest BCUT2D eigenvalue weighted by Gasteiger charge is 2.15. The monoisotopic (exact) mass is 273 g/mol. The van der Waals surface area contributed by atoms with E-state index in [1.165, 1.54) is 0 Å². The van der Waals surface area contributed by atoms with Crippen molar-refractivity contribution in [3.63, 3.8) is 0 Å². The molecule has 0 aliphatic carbocycles. The maximum atomic E-state index is 11.4. The van der Waals surface area contributed by atoms with E-state index in [9.17, 15) is 9.59 Å². The Morgan fingerprint density at radius 2 is 1.79 bits per heavy atom. The van der Waals surface area contributed by atoms with Gasteiger partial charge in [-0.25, -0.2) is 0 Å². The second kappa shape index (κ2) is 8.91. The molecule has 5 heteroatoms. The summed E-state index contributed by atoms with van der Waals surface area (Å²) in [5, 5.41) is 2.95. The fourth-order valence-corrected chi connectivity index (χ4v) is 1.26. The number of ether oxygens (including phenoxy) is 2. The zero-order valence-corrected chi connectivity index (χ0v) is 12.7. The highest BCUT2D eigenvalue weighted by Crippen LogP contribution is 2.06. The Bertz CT molecular complexity index is 282. The van der Waals surface area contributed by atoms with Crippen molar-refractivity contribution in [3.8, 4) is 0 Å². The van der Waals surface area contributed by atoms with Gasteiger partial charge in [0, 0.05) is 6.42 Å². The van der Waals surface area contributed by atoms with Gasteiger partial charge in [0.2, 0.25) is 0 Å². The molecule has 0 atom stereocenters. The highest BCUT2D eigenvalue weighted by molar-refractivity contribution is 5.72. The van der Waals surface area contributed by atoms with Crippen LogP contribution in [0, 0.1) is 5.92 Å². The molecule has 1 N–H and O–H groups in total. The van der Waals surface area contributed by atoms with Crippen molar-refractivity contribution in [3.05, 3.63) is 0 Å². The zero-order chi connectivity index (χ0) is 14.9. The molecular weight excluding hydrogens is 246 g/mol. The van der Waals surface area contributed by atoms with Gasteiger partial charge in [-0.1, -0.05) is 13.8 Å². The number of carbonyl (C=O) groups is 2. The lowest BCUT2D eigenvalue weighted by molar-refractivity contribution is -0.153. The summed E-state index contributed by atoms with van der Waals surface area (Å²) in [5.74, 6) is -0.114. The Morgan fingerprint density at radius 1 is 1.16 bits per heavy atom. The molecule has 0 bridgehead atoms. The summed E-state index contributed by atoms with van der Waals surface area (Å²) in [6.45, 7) is 10.7. The Balaban J connectivity index is 3.50. The van der Waals surface area contributed by atoms with Gasteiger partial charge in [-0.15, -0.1) is 0 Å². The first-order valence-electron chi connectivity index (χ1n) is 6.79. The van der Waals surface area contributed by atoms with Crippen molar-refractivity contribution < 1.29 is 19.1 Å². The lowest BCUT2D eigenvalue weighted by atomic mass is 10.2.